The molecule has 0 aromatic heterocycles. The first kappa shape index (κ1) is 18.0. The number of likely N-dealkylation sites (tertiary alicyclic amines) is 1. The highest BCUT2D eigenvalue weighted by Gasteiger charge is 2.29. The van der Waals surface area contributed by atoms with Gasteiger partial charge in [0.05, 0.1) is 13.2 Å². The Labute approximate surface area is 160 Å². The molecule has 0 radical (unpaired) electrons. The zero-order valence-electron chi connectivity index (χ0n) is 16.0. The maximum absolute atomic E-state index is 6.15. The SMILES string of the molecule is CCOc1ccc([C@@H]2CCN(C)C[C@H]2COc2ccc3c(c2)OCO3)cc1. The van der Waals surface area contributed by atoms with E-state index in [-0.39, 0.29) is 6.79 Å². The molecule has 0 N–H and O–H groups in total. The van der Waals surface area contributed by atoms with Gasteiger partial charge in [-0.3, -0.25) is 0 Å². The summed E-state index contributed by atoms with van der Waals surface area (Å²) in [6, 6.07) is 14.3. The standard InChI is InChI=1S/C22H27NO4/c1-3-24-18-6-4-16(5-7-18)20-10-11-23(2)13-17(20)14-25-19-8-9-21-22(12-19)27-15-26-21/h4-9,12,17,20H,3,10-11,13-15H2,1-2H3/t17-,20-/m0/s1. The van der Waals surface area contributed by atoms with Gasteiger partial charge in [0.1, 0.15) is 11.5 Å². The van der Waals surface area contributed by atoms with Gasteiger partial charge < -0.3 is 23.8 Å². The van der Waals surface area contributed by atoms with E-state index >= 15 is 0 Å². The number of hydrogen-bond acceptors (Lipinski definition) is 5. The number of nitrogens with zero attached hydrogens (tertiary/aromatic N) is 1. The molecular formula is C22H27NO4. The molecule has 0 unspecified atom stereocenters. The third-order valence-corrected chi connectivity index (χ3v) is 5.36. The van der Waals surface area contributed by atoms with E-state index in [0.717, 1.165) is 42.5 Å². The third kappa shape index (κ3) is 4.14. The van der Waals surface area contributed by atoms with Crippen molar-refractivity contribution in [2.75, 3.05) is 40.1 Å². The van der Waals surface area contributed by atoms with Gasteiger partial charge in [-0.1, -0.05) is 12.1 Å². The minimum atomic E-state index is 0.284. The summed E-state index contributed by atoms with van der Waals surface area (Å²) in [4.78, 5) is 2.39. The lowest BCUT2D eigenvalue weighted by Crippen LogP contribution is -2.39. The van der Waals surface area contributed by atoms with Crippen molar-refractivity contribution in [3.8, 4) is 23.0 Å². The van der Waals surface area contributed by atoms with Crippen LogP contribution in [-0.2, 0) is 0 Å². The van der Waals surface area contributed by atoms with Gasteiger partial charge in [-0.25, -0.2) is 0 Å². The maximum atomic E-state index is 6.15. The summed E-state index contributed by atoms with van der Waals surface area (Å²) in [5, 5.41) is 0. The lowest BCUT2D eigenvalue weighted by Gasteiger charge is -2.37. The van der Waals surface area contributed by atoms with Gasteiger partial charge in [-0.05, 0) is 62.7 Å². The Bertz CT molecular complexity index is 761. The van der Waals surface area contributed by atoms with E-state index < -0.39 is 0 Å². The third-order valence-electron chi connectivity index (χ3n) is 5.36. The van der Waals surface area contributed by atoms with Crippen LogP contribution in [0.1, 0.15) is 24.8 Å². The van der Waals surface area contributed by atoms with Gasteiger partial charge >= 0.3 is 0 Å². The molecule has 0 aliphatic carbocycles. The predicted octanol–water partition coefficient (Wildman–Crippen LogP) is 3.93. The second-order valence-electron chi connectivity index (χ2n) is 7.25. The van der Waals surface area contributed by atoms with E-state index in [1.165, 1.54) is 5.56 Å². The van der Waals surface area contributed by atoms with Gasteiger partial charge in [-0.2, -0.15) is 0 Å². The average Bonchev–Trinajstić information content (AvgIpc) is 3.15. The molecule has 2 atom stereocenters. The Kier molecular flexibility index (Phi) is 5.39. The summed E-state index contributed by atoms with van der Waals surface area (Å²) in [5.74, 6) is 4.24. The predicted molar refractivity (Wildman–Crippen MR) is 104 cm³/mol. The molecule has 1 saturated heterocycles. The van der Waals surface area contributed by atoms with Crippen molar-refractivity contribution in [1.29, 1.82) is 0 Å². The number of fused-ring (bicyclic) bond motifs is 1. The van der Waals surface area contributed by atoms with Gasteiger partial charge in [0, 0.05) is 18.5 Å². The van der Waals surface area contributed by atoms with Crippen molar-refractivity contribution < 1.29 is 18.9 Å². The van der Waals surface area contributed by atoms with Crippen molar-refractivity contribution >= 4 is 0 Å². The Morgan fingerprint density at radius 3 is 2.59 bits per heavy atom. The average molecular weight is 369 g/mol. The molecule has 144 valence electrons. The van der Waals surface area contributed by atoms with Crippen LogP contribution in [0.15, 0.2) is 42.5 Å². The van der Waals surface area contributed by atoms with Gasteiger partial charge in [-0.15, -0.1) is 0 Å². The van der Waals surface area contributed by atoms with Crippen LogP contribution >= 0.6 is 0 Å². The summed E-state index contributed by atoms with van der Waals surface area (Å²) in [6.45, 7) is 5.81. The number of piperidine rings is 1. The molecule has 4 rings (SSSR count). The van der Waals surface area contributed by atoms with E-state index in [0.29, 0.717) is 25.0 Å². The van der Waals surface area contributed by atoms with E-state index in [4.69, 9.17) is 18.9 Å². The highest BCUT2D eigenvalue weighted by atomic mass is 16.7. The zero-order valence-corrected chi connectivity index (χ0v) is 16.0. The minimum Gasteiger partial charge on any atom is -0.494 e. The summed E-state index contributed by atoms with van der Waals surface area (Å²) in [7, 11) is 2.18. The molecule has 2 aliphatic heterocycles. The topological polar surface area (TPSA) is 40.2 Å². The molecule has 1 fully saturated rings. The normalized spacial score (nSPS) is 21.9. The lowest BCUT2D eigenvalue weighted by molar-refractivity contribution is 0.129. The van der Waals surface area contributed by atoms with E-state index in [9.17, 15) is 0 Å². The van der Waals surface area contributed by atoms with Crippen LogP contribution in [0.5, 0.6) is 23.0 Å². The maximum Gasteiger partial charge on any atom is 0.231 e. The van der Waals surface area contributed by atoms with Crippen LogP contribution in [0.3, 0.4) is 0 Å². The minimum absolute atomic E-state index is 0.284. The van der Waals surface area contributed by atoms with Gasteiger partial charge in [0.25, 0.3) is 0 Å². The monoisotopic (exact) mass is 369 g/mol. The van der Waals surface area contributed by atoms with Crippen LogP contribution in [0.4, 0.5) is 0 Å². The number of rotatable bonds is 6. The Morgan fingerprint density at radius 2 is 1.78 bits per heavy atom. The Morgan fingerprint density at radius 1 is 1.00 bits per heavy atom. The van der Waals surface area contributed by atoms with E-state index in [2.05, 4.69) is 36.2 Å². The molecule has 2 aliphatic rings. The molecule has 2 aromatic carbocycles. The summed E-state index contributed by atoms with van der Waals surface area (Å²) in [5.41, 5.74) is 1.37. The molecule has 0 amide bonds. The lowest BCUT2D eigenvalue weighted by atomic mass is 9.81. The largest absolute Gasteiger partial charge is 0.494 e. The van der Waals surface area contributed by atoms with Crippen LogP contribution in [0, 0.1) is 5.92 Å². The van der Waals surface area contributed by atoms with Crippen molar-refractivity contribution in [3.63, 3.8) is 0 Å². The first-order valence-corrected chi connectivity index (χ1v) is 9.66. The van der Waals surface area contributed by atoms with Crippen molar-refractivity contribution in [2.24, 2.45) is 5.92 Å². The Hall–Kier alpha value is -2.40. The first-order valence-electron chi connectivity index (χ1n) is 9.66. The summed E-state index contributed by atoms with van der Waals surface area (Å²) < 4.78 is 22.5. The first-order chi connectivity index (χ1) is 13.2. The van der Waals surface area contributed by atoms with Crippen LogP contribution in [-0.4, -0.2) is 45.0 Å². The molecule has 0 bridgehead atoms. The molecule has 2 aromatic rings. The Balaban J connectivity index is 1.44. The number of hydrogen-bond donors (Lipinski definition) is 0. The van der Waals surface area contributed by atoms with Gasteiger partial charge in [0.2, 0.25) is 6.79 Å². The van der Waals surface area contributed by atoms with Crippen LogP contribution in [0.2, 0.25) is 0 Å². The molecule has 0 saturated carbocycles. The van der Waals surface area contributed by atoms with E-state index in [1.54, 1.807) is 0 Å². The molecule has 0 spiro atoms. The molecule has 5 heteroatoms. The van der Waals surface area contributed by atoms with Crippen molar-refractivity contribution in [2.45, 2.75) is 19.3 Å². The highest BCUT2D eigenvalue weighted by Crippen LogP contribution is 2.37. The molecule has 27 heavy (non-hydrogen) atoms. The fourth-order valence-corrected chi connectivity index (χ4v) is 3.97. The molecule has 2 heterocycles. The van der Waals surface area contributed by atoms with Crippen LogP contribution < -0.4 is 18.9 Å². The number of ether oxygens (including phenoxy) is 4. The summed E-state index contributed by atoms with van der Waals surface area (Å²) in [6.07, 6.45) is 1.14. The molecular weight excluding hydrogens is 342 g/mol. The molecule has 5 nitrogen and oxygen atoms in total. The quantitative estimate of drug-likeness (QED) is 0.772. The smallest absolute Gasteiger partial charge is 0.231 e. The zero-order chi connectivity index (χ0) is 18.6. The number of benzene rings is 2. The van der Waals surface area contributed by atoms with E-state index in [1.807, 2.05) is 25.1 Å². The fourth-order valence-electron chi connectivity index (χ4n) is 3.97. The fraction of sp³-hybridized carbons (Fsp3) is 0.455. The van der Waals surface area contributed by atoms with Crippen LogP contribution in [0.25, 0.3) is 0 Å². The second kappa shape index (κ2) is 8.09. The van der Waals surface area contributed by atoms with Gasteiger partial charge in [0.15, 0.2) is 11.5 Å². The highest BCUT2D eigenvalue weighted by molar-refractivity contribution is 5.46. The van der Waals surface area contributed by atoms with Crippen molar-refractivity contribution in [3.05, 3.63) is 48.0 Å². The second-order valence-corrected chi connectivity index (χ2v) is 7.25. The van der Waals surface area contributed by atoms with Crippen molar-refractivity contribution in [1.82, 2.24) is 4.90 Å². The summed E-state index contributed by atoms with van der Waals surface area (Å²) >= 11 is 0.